The molecule has 0 aromatic carbocycles. The highest BCUT2D eigenvalue weighted by Gasteiger charge is 2.23. The Morgan fingerprint density at radius 1 is 1.32 bits per heavy atom. The molecular weight excluding hydrogens is 242 g/mol. The molecule has 5 nitrogen and oxygen atoms in total. The molecule has 19 heavy (non-hydrogen) atoms. The summed E-state index contributed by atoms with van der Waals surface area (Å²) in [5, 5.41) is 0. The summed E-state index contributed by atoms with van der Waals surface area (Å²) in [4.78, 5) is 16.3. The largest absolute Gasteiger partial charge is 0.378 e. The van der Waals surface area contributed by atoms with Gasteiger partial charge in [0.25, 0.3) is 0 Å². The fourth-order valence-corrected chi connectivity index (χ4v) is 2.34. The third kappa shape index (κ3) is 5.89. The minimum absolute atomic E-state index is 0.254. The quantitative estimate of drug-likeness (QED) is 0.660. The molecule has 112 valence electrons. The maximum Gasteiger partial charge on any atom is 0.236 e. The van der Waals surface area contributed by atoms with Crippen molar-refractivity contribution in [3.63, 3.8) is 0 Å². The number of nitrogens with zero attached hydrogens (tertiary/aromatic N) is 2. The molecule has 0 unspecified atom stereocenters. The molecule has 0 saturated carbocycles. The van der Waals surface area contributed by atoms with Crippen LogP contribution in [0.3, 0.4) is 0 Å². The lowest BCUT2D eigenvalue weighted by Crippen LogP contribution is -2.45. The predicted octanol–water partition coefficient (Wildman–Crippen LogP) is 0.685. The van der Waals surface area contributed by atoms with E-state index in [4.69, 9.17) is 10.5 Å². The van der Waals surface area contributed by atoms with Crippen LogP contribution < -0.4 is 5.73 Å². The molecule has 1 fully saturated rings. The first-order valence-corrected chi connectivity index (χ1v) is 7.53. The molecule has 2 N–H and O–H groups in total. The lowest BCUT2D eigenvalue weighted by molar-refractivity contribution is -0.135. The number of carbonyl (C=O) groups excluding carboxylic acids is 1. The second kappa shape index (κ2) is 9.28. The zero-order valence-electron chi connectivity index (χ0n) is 12.4. The molecule has 0 aliphatic carbocycles. The van der Waals surface area contributed by atoms with Crippen LogP contribution in [0.2, 0.25) is 0 Å². The Bertz CT molecular complexity index is 249. The van der Waals surface area contributed by atoms with Gasteiger partial charge in [0, 0.05) is 19.7 Å². The number of ether oxygens (including phenoxy) is 1. The van der Waals surface area contributed by atoms with Crippen LogP contribution in [0.15, 0.2) is 0 Å². The molecule has 1 amide bonds. The van der Waals surface area contributed by atoms with Crippen molar-refractivity contribution >= 4 is 5.91 Å². The second-order valence-corrected chi connectivity index (χ2v) is 5.05. The first kappa shape index (κ1) is 16.4. The van der Waals surface area contributed by atoms with Gasteiger partial charge in [0.05, 0.1) is 12.6 Å². The number of carbonyl (C=O) groups is 1. The molecule has 1 aliphatic heterocycles. The predicted molar refractivity (Wildman–Crippen MR) is 77.0 cm³/mol. The van der Waals surface area contributed by atoms with Gasteiger partial charge in [0.1, 0.15) is 0 Å². The number of nitrogens with two attached hydrogens (primary N) is 1. The monoisotopic (exact) mass is 271 g/mol. The Morgan fingerprint density at radius 3 is 2.47 bits per heavy atom. The number of piperidine rings is 1. The Kier molecular flexibility index (Phi) is 8.02. The third-order valence-corrected chi connectivity index (χ3v) is 3.75. The van der Waals surface area contributed by atoms with E-state index < -0.39 is 0 Å². The Balaban J connectivity index is 2.23. The first-order valence-electron chi connectivity index (χ1n) is 7.53. The van der Waals surface area contributed by atoms with E-state index in [1.165, 1.54) is 0 Å². The van der Waals surface area contributed by atoms with Crippen molar-refractivity contribution in [2.45, 2.75) is 39.2 Å². The Labute approximate surface area is 117 Å². The minimum atomic E-state index is 0.254. The third-order valence-electron chi connectivity index (χ3n) is 3.75. The number of likely N-dealkylation sites (N-methyl/N-ethyl adjacent to an activating group) is 1. The number of amides is 1. The van der Waals surface area contributed by atoms with Gasteiger partial charge in [0.2, 0.25) is 5.91 Å². The van der Waals surface area contributed by atoms with Gasteiger partial charge in [0.15, 0.2) is 0 Å². The topological polar surface area (TPSA) is 58.8 Å². The standard InChI is InChI=1S/C14H29N3O2/c1-3-16(4-2)12-14(18)17-9-6-13(7-10-17)19-11-5-8-15/h13H,3-12,15H2,1-2H3. The van der Waals surface area contributed by atoms with E-state index in [1.807, 2.05) is 4.90 Å². The normalized spacial score (nSPS) is 17.2. The van der Waals surface area contributed by atoms with Crippen molar-refractivity contribution in [3.05, 3.63) is 0 Å². The summed E-state index contributed by atoms with van der Waals surface area (Å²) in [5.74, 6) is 0.254. The molecule has 1 heterocycles. The highest BCUT2D eigenvalue weighted by Crippen LogP contribution is 2.14. The molecule has 0 radical (unpaired) electrons. The van der Waals surface area contributed by atoms with Gasteiger partial charge in [-0.15, -0.1) is 0 Å². The molecule has 1 aliphatic rings. The number of rotatable bonds is 8. The van der Waals surface area contributed by atoms with Crippen LogP contribution >= 0.6 is 0 Å². The summed E-state index contributed by atoms with van der Waals surface area (Å²) in [7, 11) is 0. The van der Waals surface area contributed by atoms with Crippen LogP contribution in [0, 0.1) is 0 Å². The van der Waals surface area contributed by atoms with Crippen LogP contribution in [0.4, 0.5) is 0 Å². The van der Waals surface area contributed by atoms with Crippen LogP contribution in [0.25, 0.3) is 0 Å². The lowest BCUT2D eigenvalue weighted by Gasteiger charge is -2.33. The average molecular weight is 271 g/mol. The van der Waals surface area contributed by atoms with Gasteiger partial charge in [-0.25, -0.2) is 0 Å². The van der Waals surface area contributed by atoms with Gasteiger partial charge in [-0.3, -0.25) is 9.69 Å². The molecule has 0 bridgehead atoms. The molecule has 0 spiro atoms. The van der Waals surface area contributed by atoms with Crippen molar-refractivity contribution in [2.75, 3.05) is 45.9 Å². The van der Waals surface area contributed by atoms with Crippen LogP contribution in [-0.2, 0) is 9.53 Å². The summed E-state index contributed by atoms with van der Waals surface area (Å²) >= 11 is 0. The first-order chi connectivity index (χ1) is 9.21. The minimum Gasteiger partial charge on any atom is -0.378 e. The van der Waals surface area contributed by atoms with Gasteiger partial charge in [-0.05, 0) is 38.9 Å². The van der Waals surface area contributed by atoms with E-state index >= 15 is 0 Å². The highest BCUT2D eigenvalue weighted by atomic mass is 16.5. The summed E-state index contributed by atoms with van der Waals surface area (Å²) in [5.41, 5.74) is 5.44. The van der Waals surface area contributed by atoms with Crippen LogP contribution in [0.5, 0.6) is 0 Å². The van der Waals surface area contributed by atoms with Gasteiger partial charge < -0.3 is 15.4 Å². The number of likely N-dealkylation sites (tertiary alicyclic amines) is 1. The van der Waals surface area contributed by atoms with Crippen LogP contribution in [0.1, 0.15) is 33.1 Å². The van der Waals surface area contributed by atoms with Crippen LogP contribution in [-0.4, -0.2) is 67.7 Å². The van der Waals surface area contributed by atoms with E-state index in [0.29, 0.717) is 19.2 Å². The van der Waals surface area contributed by atoms with E-state index in [1.54, 1.807) is 0 Å². The highest BCUT2D eigenvalue weighted by molar-refractivity contribution is 5.78. The van der Waals surface area contributed by atoms with E-state index in [9.17, 15) is 4.79 Å². The summed E-state index contributed by atoms with van der Waals surface area (Å²) < 4.78 is 5.75. The SMILES string of the molecule is CCN(CC)CC(=O)N1CCC(OCCCN)CC1. The lowest BCUT2D eigenvalue weighted by atomic mass is 10.1. The molecule has 0 atom stereocenters. The Morgan fingerprint density at radius 2 is 1.95 bits per heavy atom. The van der Waals surface area contributed by atoms with Gasteiger partial charge >= 0.3 is 0 Å². The fourth-order valence-electron chi connectivity index (χ4n) is 2.34. The molecule has 0 aromatic rings. The van der Waals surface area contributed by atoms with Crippen molar-refractivity contribution in [1.82, 2.24) is 9.80 Å². The summed E-state index contributed by atoms with van der Waals surface area (Å²) in [6, 6.07) is 0. The zero-order chi connectivity index (χ0) is 14.1. The molecule has 1 saturated heterocycles. The smallest absolute Gasteiger partial charge is 0.236 e. The van der Waals surface area contributed by atoms with Crippen molar-refractivity contribution in [2.24, 2.45) is 5.73 Å². The molecular formula is C14H29N3O2. The van der Waals surface area contributed by atoms with Crippen molar-refractivity contribution in [3.8, 4) is 0 Å². The summed E-state index contributed by atoms with van der Waals surface area (Å²) in [6.07, 6.45) is 3.13. The molecule has 5 heteroatoms. The average Bonchev–Trinajstić information content (AvgIpc) is 2.45. The van der Waals surface area contributed by atoms with Gasteiger partial charge in [-0.1, -0.05) is 13.8 Å². The molecule has 1 rings (SSSR count). The fraction of sp³-hybridized carbons (Fsp3) is 0.929. The second-order valence-electron chi connectivity index (χ2n) is 5.05. The maximum atomic E-state index is 12.1. The summed E-state index contributed by atoms with van der Waals surface area (Å²) in [6.45, 7) is 9.67. The zero-order valence-corrected chi connectivity index (χ0v) is 12.4. The van der Waals surface area contributed by atoms with E-state index in [2.05, 4.69) is 18.7 Å². The maximum absolute atomic E-state index is 12.1. The van der Waals surface area contributed by atoms with E-state index in [0.717, 1.165) is 52.0 Å². The van der Waals surface area contributed by atoms with E-state index in [-0.39, 0.29) is 5.91 Å². The number of hydrogen-bond acceptors (Lipinski definition) is 4. The number of hydrogen-bond donors (Lipinski definition) is 1. The Hall–Kier alpha value is -0.650. The van der Waals surface area contributed by atoms with Crippen molar-refractivity contribution < 1.29 is 9.53 Å². The van der Waals surface area contributed by atoms with Crippen molar-refractivity contribution in [1.29, 1.82) is 0 Å². The van der Waals surface area contributed by atoms with Gasteiger partial charge in [-0.2, -0.15) is 0 Å². The molecule has 0 aromatic heterocycles.